The van der Waals surface area contributed by atoms with E-state index in [4.69, 9.17) is 4.74 Å². The van der Waals surface area contributed by atoms with Crippen LogP contribution in [-0.2, 0) is 0 Å². The molecule has 2 rings (SSSR count). The van der Waals surface area contributed by atoms with Crippen LogP contribution in [0.25, 0.3) is 0 Å². The molecule has 3 heteroatoms. The van der Waals surface area contributed by atoms with Crippen LogP contribution in [0, 0.1) is 0 Å². The molecule has 0 aliphatic heterocycles. The van der Waals surface area contributed by atoms with Crippen LogP contribution in [0.4, 0.5) is 0 Å². The van der Waals surface area contributed by atoms with Crippen LogP contribution in [0.1, 0.15) is 17.2 Å². The summed E-state index contributed by atoms with van der Waals surface area (Å²) in [5, 5.41) is 19.3. The van der Waals surface area contributed by atoms with Crippen molar-refractivity contribution in [3.8, 4) is 11.5 Å². The first kappa shape index (κ1) is 11.5. The van der Waals surface area contributed by atoms with Crippen LogP contribution in [0.3, 0.4) is 0 Å². The fourth-order valence-electron chi connectivity index (χ4n) is 1.64. The lowest BCUT2D eigenvalue weighted by Crippen LogP contribution is -1.99. The molecule has 0 aliphatic rings. The summed E-state index contributed by atoms with van der Waals surface area (Å²) >= 11 is 0. The molecule has 0 saturated heterocycles. The van der Waals surface area contributed by atoms with E-state index in [1.54, 1.807) is 43.5 Å². The van der Waals surface area contributed by atoms with E-state index in [-0.39, 0.29) is 5.75 Å². The number of aromatic hydroxyl groups is 1. The van der Waals surface area contributed by atoms with E-state index in [1.807, 2.05) is 12.1 Å². The summed E-state index contributed by atoms with van der Waals surface area (Å²) in [5.74, 6) is 0.947. The fourth-order valence-corrected chi connectivity index (χ4v) is 1.64. The van der Waals surface area contributed by atoms with Gasteiger partial charge in [-0.25, -0.2) is 0 Å². The minimum atomic E-state index is -0.693. The Kier molecular flexibility index (Phi) is 3.30. The first-order chi connectivity index (χ1) is 8.20. The van der Waals surface area contributed by atoms with Gasteiger partial charge in [0.1, 0.15) is 17.6 Å². The highest BCUT2D eigenvalue weighted by atomic mass is 16.5. The molecule has 0 bridgehead atoms. The molecule has 2 aromatic rings. The summed E-state index contributed by atoms with van der Waals surface area (Å²) < 4.78 is 5.06. The van der Waals surface area contributed by atoms with Gasteiger partial charge in [0, 0.05) is 0 Å². The minimum absolute atomic E-state index is 0.190. The number of hydrogen-bond acceptors (Lipinski definition) is 3. The molecule has 2 aromatic carbocycles. The summed E-state index contributed by atoms with van der Waals surface area (Å²) in [4.78, 5) is 0. The van der Waals surface area contributed by atoms with Crippen LogP contribution in [0.2, 0.25) is 0 Å². The molecule has 0 fully saturated rings. The molecular formula is C14H14O3. The number of benzene rings is 2. The molecule has 3 nitrogen and oxygen atoms in total. The highest BCUT2D eigenvalue weighted by molar-refractivity contribution is 5.35. The zero-order valence-electron chi connectivity index (χ0n) is 9.50. The number of aliphatic hydroxyl groups excluding tert-OH is 1. The molecule has 0 aliphatic carbocycles. The van der Waals surface area contributed by atoms with Crippen LogP contribution >= 0.6 is 0 Å². The summed E-state index contributed by atoms with van der Waals surface area (Å²) in [7, 11) is 1.60. The zero-order chi connectivity index (χ0) is 12.3. The third kappa shape index (κ3) is 2.57. The van der Waals surface area contributed by atoms with Gasteiger partial charge in [-0.3, -0.25) is 0 Å². The molecular weight excluding hydrogens is 216 g/mol. The van der Waals surface area contributed by atoms with E-state index in [2.05, 4.69) is 0 Å². The van der Waals surface area contributed by atoms with Crippen molar-refractivity contribution >= 4 is 0 Å². The smallest absolute Gasteiger partial charge is 0.118 e. The summed E-state index contributed by atoms with van der Waals surface area (Å²) in [6.45, 7) is 0. The third-order valence-electron chi connectivity index (χ3n) is 2.64. The molecule has 17 heavy (non-hydrogen) atoms. The van der Waals surface area contributed by atoms with Crippen molar-refractivity contribution < 1.29 is 14.9 Å². The minimum Gasteiger partial charge on any atom is -0.508 e. The molecule has 1 atom stereocenters. The lowest BCUT2D eigenvalue weighted by Gasteiger charge is -2.12. The van der Waals surface area contributed by atoms with Gasteiger partial charge in [0.25, 0.3) is 0 Å². The Morgan fingerprint density at radius 2 is 1.35 bits per heavy atom. The van der Waals surface area contributed by atoms with Gasteiger partial charge < -0.3 is 14.9 Å². The van der Waals surface area contributed by atoms with Gasteiger partial charge in [0.2, 0.25) is 0 Å². The fraction of sp³-hybridized carbons (Fsp3) is 0.143. The standard InChI is InChI=1S/C14H14O3/c1-17-13-8-4-11(5-9-13)14(16)10-2-6-12(15)7-3-10/h2-9,14-16H,1H3. The van der Waals surface area contributed by atoms with E-state index >= 15 is 0 Å². The van der Waals surface area contributed by atoms with Crippen LogP contribution < -0.4 is 4.74 Å². The monoisotopic (exact) mass is 230 g/mol. The van der Waals surface area contributed by atoms with Gasteiger partial charge >= 0.3 is 0 Å². The molecule has 0 spiro atoms. The van der Waals surface area contributed by atoms with Crippen molar-refractivity contribution in [1.29, 1.82) is 0 Å². The van der Waals surface area contributed by atoms with Gasteiger partial charge in [0.15, 0.2) is 0 Å². The maximum Gasteiger partial charge on any atom is 0.118 e. The summed E-state index contributed by atoms with van der Waals surface area (Å²) in [5.41, 5.74) is 1.53. The number of phenolic OH excluding ortho intramolecular Hbond substituents is 1. The topological polar surface area (TPSA) is 49.7 Å². The summed E-state index contributed by atoms with van der Waals surface area (Å²) in [6.07, 6.45) is -0.693. The third-order valence-corrected chi connectivity index (χ3v) is 2.64. The Morgan fingerprint density at radius 3 is 1.82 bits per heavy atom. The second-order valence-electron chi connectivity index (χ2n) is 3.77. The molecule has 88 valence electrons. The van der Waals surface area contributed by atoms with Crippen molar-refractivity contribution in [2.75, 3.05) is 7.11 Å². The summed E-state index contributed by atoms with van der Waals surface area (Å²) in [6, 6.07) is 13.8. The highest BCUT2D eigenvalue weighted by Gasteiger charge is 2.10. The van der Waals surface area contributed by atoms with Crippen LogP contribution in [-0.4, -0.2) is 17.3 Å². The van der Waals surface area contributed by atoms with Gasteiger partial charge in [-0.15, -0.1) is 0 Å². The van der Waals surface area contributed by atoms with Crippen molar-refractivity contribution in [3.63, 3.8) is 0 Å². The van der Waals surface area contributed by atoms with Gasteiger partial charge in [-0.05, 0) is 35.4 Å². The Bertz CT molecular complexity index is 474. The predicted molar refractivity (Wildman–Crippen MR) is 65.2 cm³/mol. The lowest BCUT2D eigenvalue weighted by atomic mass is 10.0. The zero-order valence-corrected chi connectivity index (χ0v) is 9.50. The molecule has 2 N–H and O–H groups in total. The molecule has 0 saturated carbocycles. The molecule has 0 heterocycles. The molecule has 1 unspecified atom stereocenters. The average Bonchev–Trinajstić information content (AvgIpc) is 2.39. The lowest BCUT2D eigenvalue weighted by molar-refractivity contribution is 0.220. The van der Waals surface area contributed by atoms with Gasteiger partial charge in [-0.2, -0.15) is 0 Å². The second kappa shape index (κ2) is 4.89. The number of aliphatic hydroxyl groups is 1. The number of hydrogen-bond donors (Lipinski definition) is 2. The Labute approximate surface area is 99.9 Å². The number of ether oxygens (including phenoxy) is 1. The maximum atomic E-state index is 10.1. The van der Waals surface area contributed by atoms with Crippen LogP contribution in [0.5, 0.6) is 11.5 Å². The van der Waals surface area contributed by atoms with E-state index < -0.39 is 6.10 Å². The van der Waals surface area contributed by atoms with Gasteiger partial charge in [-0.1, -0.05) is 24.3 Å². The van der Waals surface area contributed by atoms with Crippen molar-refractivity contribution in [1.82, 2.24) is 0 Å². The maximum absolute atomic E-state index is 10.1. The van der Waals surface area contributed by atoms with E-state index in [0.29, 0.717) is 0 Å². The Morgan fingerprint density at radius 1 is 0.882 bits per heavy atom. The largest absolute Gasteiger partial charge is 0.508 e. The van der Waals surface area contributed by atoms with Crippen LogP contribution in [0.15, 0.2) is 48.5 Å². The highest BCUT2D eigenvalue weighted by Crippen LogP contribution is 2.25. The number of phenols is 1. The van der Waals surface area contributed by atoms with E-state index in [1.165, 1.54) is 0 Å². The Balaban J connectivity index is 2.23. The second-order valence-corrected chi connectivity index (χ2v) is 3.77. The predicted octanol–water partition coefficient (Wildman–Crippen LogP) is 2.48. The van der Waals surface area contributed by atoms with Gasteiger partial charge in [0.05, 0.1) is 7.11 Å². The SMILES string of the molecule is COc1ccc(C(O)c2ccc(O)cc2)cc1. The Hall–Kier alpha value is -2.00. The molecule has 0 aromatic heterocycles. The van der Waals surface area contributed by atoms with Crippen molar-refractivity contribution in [3.05, 3.63) is 59.7 Å². The quantitative estimate of drug-likeness (QED) is 0.851. The van der Waals surface area contributed by atoms with E-state index in [9.17, 15) is 10.2 Å². The number of methoxy groups -OCH3 is 1. The number of rotatable bonds is 3. The average molecular weight is 230 g/mol. The van der Waals surface area contributed by atoms with Crippen molar-refractivity contribution in [2.24, 2.45) is 0 Å². The van der Waals surface area contributed by atoms with E-state index in [0.717, 1.165) is 16.9 Å². The molecule has 0 radical (unpaired) electrons. The normalized spacial score (nSPS) is 12.1. The van der Waals surface area contributed by atoms with Crippen molar-refractivity contribution in [2.45, 2.75) is 6.10 Å². The molecule has 0 amide bonds. The first-order valence-electron chi connectivity index (χ1n) is 5.31. The first-order valence-corrected chi connectivity index (χ1v) is 5.31.